The Balaban J connectivity index is 1.73. The first-order valence-electron chi connectivity index (χ1n) is 6.95. The molecule has 0 radical (unpaired) electrons. The quantitative estimate of drug-likeness (QED) is 0.740. The number of hydrogen-bond donors (Lipinski definition) is 3. The molecule has 2 rings (SSSR count). The van der Waals surface area contributed by atoms with Crippen LogP contribution < -0.4 is 16.2 Å². The van der Waals surface area contributed by atoms with Crippen molar-refractivity contribution in [2.45, 2.75) is 13.0 Å². The maximum atomic E-state index is 13.0. The molecule has 0 bridgehead atoms. The van der Waals surface area contributed by atoms with Crippen LogP contribution in [0.1, 0.15) is 11.1 Å². The molecule has 0 spiro atoms. The summed E-state index contributed by atoms with van der Waals surface area (Å²) in [6.45, 7) is 0.111. The van der Waals surface area contributed by atoms with Crippen LogP contribution in [0.15, 0.2) is 42.5 Å². The third-order valence-electron chi connectivity index (χ3n) is 3.03. The van der Waals surface area contributed by atoms with Crippen molar-refractivity contribution >= 4 is 23.5 Å². The maximum Gasteiger partial charge on any atom is 0.333 e. The van der Waals surface area contributed by atoms with Crippen LogP contribution in [0.2, 0.25) is 5.02 Å². The second kappa shape index (κ2) is 8.26. The van der Waals surface area contributed by atoms with Gasteiger partial charge in [-0.25, -0.2) is 19.0 Å². The molecule has 126 valence electrons. The van der Waals surface area contributed by atoms with Crippen molar-refractivity contribution in [1.29, 1.82) is 0 Å². The molecule has 2 aromatic rings. The molecule has 0 aliphatic rings. The first-order chi connectivity index (χ1) is 11.4. The van der Waals surface area contributed by atoms with Gasteiger partial charge in [0, 0.05) is 6.54 Å². The number of carbonyl (C=O) groups is 2. The van der Waals surface area contributed by atoms with Gasteiger partial charge in [-0.15, -0.1) is 0 Å². The second-order valence-corrected chi connectivity index (χ2v) is 5.31. The molecular weight excluding hydrogens is 340 g/mol. The summed E-state index contributed by atoms with van der Waals surface area (Å²) in [6.07, 6.45) is -0.00582. The summed E-state index contributed by atoms with van der Waals surface area (Å²) in [4.78, 5) is 23.2. The summed E-state index contributed by atoms with van der Waals surface area (Å²) >= 11 is 5.63. The summed E-state index contributed by atoms with van der Waals surface area (Å²) in [6, 6.07) is 8.89. The van der Waals surface area contributed by atoms with Gasteiger partial charge in [0.05, 0.1) is 11.4 Å². The van der Waals surface area contributed by atoms with Gasteiger partial charge >= 0.3 is 6.03 Å². The molecule has 0 atom stereocenters. The highest BCUT2D eigenvalue weighted by atomic mass is 35.5. The Morgan fingerprint density at radius 1 is 0.958 bits per heavy atom. The number of benzene rings is 2. The standard InChI is InChI=1S/C16H14ClF2N3O2/c17-13-7-11(3-6-14(13)19)9-20-16(24)22-21-15(23)8-10-1-4-12(18)5-2-10/h1-7H,8-9H2,(H,21,23)(H2,20,22,24). The minimum Gasteiger partial charge on any atom is -0.333 e. The average Bonchev–Trinajstić information content (AvgIpc) is 2.56. The van der Waals surface area contributed by atoms with E-state index < -0.39 is 23.6 Å². The van der Waals surface area contributed by atoms with Crippen molar-refractivity contribution in [3.63, 3.8) is 0 Å². The highest BCUT2D eigenvalue weighted by molar-refractivity contribution is 6.30. The number of carbonyl (C=O) groups excluding carboxylic acids is 2. The fourth-order valence-electron chi connectivity index (χ4n) is 1.83. The van der Waals surface area contributed by atoms with Gasteiger partial charge in [0.25, 0.3) is 0 Å². The SMILES string of the molecule is O=C(Cc1ccc(F)cc1)NNC(=O)NCc1ccc(F)c(Cl)c1. The van der Waals surface area contributed by atoms with E-state index in [1.54, 1.807) is 0 Å². The molecule has 0 aromatic heterocycles. The van der Waals surface area contributed by atoms with Crippen molar-refractivity contribution in [2.75, 3.05) is 0 Å². The molecule has 8 heteroatoms. The Morgan fingerprint density at radius 2 is 1.62 bits per heavy atom. The molecule has 0 fully saturated rings. The zero-order valence-electron chi connectivity index (χ0n) is 12.4. The van der Waals surface area contributed by atoms with Crippen LogP contribution in [0.3, 0.4) is 0 Å². The summed E-state index contributed by atoms with van der Waals surface area (Å²) in [5.74, 6) is -1.39. The minimum atomic E-state index is -0.636. The van der Waals surface area contributed by atoms with Crippen molar-refractivity contribution in [3.05, 3.63) is 70.2 Å². The lowest BCUT2D eigenvalue weighted by Crippen LogP contribution is -2.47. The van der Waals surface area contributed by atoms with E-state index in [4.69, 9.17) is 11.6 Å². The molecular formula is C16H14ClF2N3O2. The highest BCUT2D eigenvalue weighted by Crippen LogP contribution is 2.15. The number of rotatable bonds is 4. The molecule has 3 amide bonds. The lowest BCUT2D eigenvalue weighted by atomic mass is 10.1. The zero-order valence-corrected chi connectivity index (χ0v) is 13.2. The number of amides is 3. The fraction of sp³-hybridized carbons (Fsp3) is 0.125. The number of hydrazine groups is 1. The molecule has 0 saturated carbocycles. The van der Waals surface area contributed by atoms with E-state index in [1.165, 1.54) is 42.5 Å². The average molecular weight is 354 g/mol. The summed E-state index contributed by atoms with van der Waals surface area (Å²) in [5, 5.41) is 2.44. The molecule has 24 heavy (non-hydrogen) atoms. The van der Waals surface area contributed by atoms with E-state index in [0.29, 0.717) is 11.1 Å². The maximum absolute atomic E-state index is 13.0. The largest absolute Gasteiger partial charge is 0.333 e. The lowest BCUT2D eigenvalue weighted by molar-refractivity contribution is -0.121. The summed E-state index contributed by atoms with van der Waals surface area (Å²) in [5.41, 5.74) is 5.62. The van der Waals surface area contributed by atoms with Crippen molar-refractivity contribution in [3.8, 4) is 0 Å². The molecule has 2 aromatic carbocycles. The summed E-state index contributed by atoms with van der Waals surface area (Å²) < 4.78 is 25.8. The van der Waals surface area contributed by atoms with Crippen molar-refractivity contribution < 1.29 is 18.4 Å². The molecule has 5 nitrogen and oxygen atoms in total. The Hall–Kier alpha value is -2.67. The molecule has 0 heterocycles. The Bertz CT molecular complexity index is 739. The lowest BCUT2D eigenvalue weighted by Gasteiger charge is -2.09. The van der Waals surface area contributed by atoms with Gasteiger partial charge in [-0.3, -0.25) is 10.2 Å². The smallest absolute Gasteiger partial charge is 0.333 e. The van der Waals surface area contributed by atoms with Crippen molar-refractivity contribution in [2.24, 2.45) is 0 Å². The van der Waals surface area contributed by atoms with Gasteiger partial charge in [0.2, 0.25) is 5.91 Å². The van der Waals surface area contributed by atoms with Crippen LogP contribution in [0.4, 0.5) is 13.6 Å². The van der Waals surface area contributed by atoms with E-state index in [0.717, 1.165) is 0 Å². The first-order valence-corrected chi connectivity index (χ1v) is 7.33. The number of halogens is 3. The third kappa shape index (κ3) is 5.51. The molecule has 3 N–H and O–H groups in total. The van der Waals surface area contributed by atoms with Gasteiger partial charge in [0.15, 0.2) is 0 Å². The monoisotopic (exact) mass is 353 g/mol. The van der Waals surface area contributed by atoms with Gasteiger partial charge in [-0.2, -0.15) is 0 Å². The second-order valence-electron chi connectivity index (χ2n) is 4.91. The Morgan fingerprint density at radius 3 is 2.29 bits per heavy atom. The molecule has 0 aliphatic carbocycles. The van der Waals surface area contributed by atoms with Gasteiger partial charge < -0.3 is 5.32 Å². The first kappa shape index (κ1) is 17.7. The Kier molecular flexibility index (Phi) is 6.08. The van der Waals surface area contributed by atoms with Crippen molar-refractivity contribution in [1.82, 2.24) is 16.2 Å². The number of hydrogen-bond acceptors (Lipinski definition) is 2. The third-order valence-corrected chi connectivity index (χ3v) is 3.32. The topological polar surface area (TPSA) is 70.2 Å². The van der Waals surface area contributed by atoms with Crippen LogP contribution in [0, 0.1) is 11.6 Å². The van der Waals surface area contributed by atoms with Crippen LogP contribution in [0.25, 0.3) is 0 Å². The van der Waals surface area contributed by atoms with Gasteiger partial charge in [0.1, 0.15) is 11.6 Å². The minimum absolute atomic E-state index is 0.00582. The highest BCUT2D eigenvalue weighted by Gasteiger charge is 2.06. The molecule has 0 saturated heterocycles. The summed E-state index contributed by atoms with van der Waals surface area (Å²) in [7, 11) is 0. The fourth-order valence-corrected chi connectivity index (χ4v) is 2.04. The predicted molar refractivity (Wildman–Crippen MR) is 85.0 cm³/mol. The van der Waals surface area contributed by atoms with E-state index in [1.807, 2.05) is 0 Å². The van der Waals surface area contributed by atoms with Crippen LogP contribution in [-0.2, 0) is 17.8 Å². The Labute approximate surface area is 142 Å². The normalized spacial score (nSPS) is 10.1. The predicted octanol–water partition coefficient (Wildman–Crippen LogP) is 2.69. The zero-order chi connectivity index (χ0) is 17.5. The van der Waals surface area contributed by atoms with E-state index in [-0.39, 0.29) is 18.0 Å². The van der Waals surface area contributed by atoms with E-state index >= 15 is 0 Å². The number of nitrogens with one attached hydrogen (secondary N) is 3. The molecule has 0 unspecified atom stereocenters. The van der Waals surface area contributed by atoms with E-state index in [2.05, 4.69) is 16.2 Å². The van der Waals surface area contributed by atoms with Crippen LogP contribution >= 0.6 is 11.6 Å². The van der Waals surface area contributed by atoms with Crippen LogP contribution in [-0.4, -0.2) is 11.9 Å². The molecule has 0 aliphatic heterocycles. The number of urea groups is 1. The van der Waals surface area contributed by atoms with Crippen LogP contribution in [0.5, 0.6) is 0 Å². The van der Waals surface area contributed by atoms with E-state index in [9.17, 15) is 18.4 Å². The van der Waals surface area contributed by atoms with Gasteiger partial charge in [-0.1, -0.05) is 29.8 Å². The van der Waals surface area contributed by atoms with Gasteiger partial charge in [-0.05, 0) is 35.4 Å².